The number of aromatic nitrogens is 1. The van der Waals surface area contributed by atoms with Crippen LogP contribution < -0.4 is 5.32 Å². The highest BCUT2D eigenvalue weighted by Crippen LogP contribution is 2.33. The minimum atomic E-state index is 0.231. The molecule has 0 atom stereocenters. The van der Waals surface area contributed by atoms with E-state index in [1.807, 2.05) is 18.3 Å². The summed E-state index contributed by atoms with van der Waals surface area (Å²) in [6, 6.07) is 3.81. The van der Waals surface area contributed by atoms with Crippen molar-refractivity contribution in [1.82, 2.24) is 10.3 Å². The van der Waals surface area contributed by atoms with Crippen LogP contribution in [0.1, 0.15) is 15.4 Å². The minimum Gasteiger partial charge on any atom is -0.506 e. The molecular formula is C12H12Br2N2OS. The number of halogens is 2. The first kappa shape index (κ1) is 14.0. The molecule has 96 valence electrons. The van der Waals surface area contributed by atoms with E-state index in [9.17, 15) is 5.11 Å². The lowest BCUT2D eigenvalue weighted by Crippen LogP contribution is -2.12. The highest BCUT2D eigenvalue weighted by molar-refractivity contribution is 9.11. The number of hydrogen-bond donors (Lipinski definition) is 2. The Bertz CT molecular complexity index is 534. The molecule has 2 rings (SSSR count). The van der Waals surface area contributed by atoms with Crippen molar-refractivity contribution in [2.75, 3.05) is 0 Å². The zero-order chi connectivity index (χ0) is 13.1. The molecule has 2 N–H and O–H groups in total. The maximum Gasteiger partial charge on any atom is 0.143 e. The Morgan fingerprint density at radius 3 is 2.50 bits per heavy atom. The quantitative estimate of drug-likeness (QED) is 0.828. The van der Waals surface area contributed by atoms with E-state index in [1.165, 1.54) is 4.88 Å². The summed E-state index contributed by atoms with van der Waals surface area (Å²) in [4.78, 5) is 5.52. The van der Waals surface area contributed by atoms with E-state index in [2.05, 4.69) is 49.1 Å². The van der Waals surface area contributed by atoms with Gasteiger partial charge >= 0.3 is 0 Å². The van der Waals surface area contributed by atoms with Crippen molar-refractivity contribution in [3.8, 4) is 5.75 Å². The number of benzene rings is 1. The summed E-state index contributed by atoms with van der Waals surface area (Å²) in [5.74, 6) is 0.231. The smallest absolute Gasteiger partial charge is 0.143 e. The van der Waals surface area contributed by atoms with E-state index in [1.54, 1.807) is 11.3 Å². The molecule has 0 bridgehead atoms. The number of aryl methyl sites for hydroxylation is 1. The third-order valence-corrected chi connectivity index (χ3v) is 4.47. The topological polar surface area (TPSA) is 45.2 Å². The Labute approximate surface area is 127 Å². The van der Waals surface area contributed by atoms with Crippen molar-refractivity contribution in [3.05, 3.63) is 42.7 Å². The minimum absolute atomic E-state index is 0.231. The molecule has 0 aliphatic heterocycles. The van der Waals surface area contributed by atoms with Gasteiger partial charge in [0.05, 0.1) is 8.95 Å². The van der Waals surface area contributed by atoms with Crippen molar-refractivity contribution in [2.24, 2.45) is 0 Å². The van der Waals surface area contributed by atoms with Crippen LogP contribution in [0, 0.1) is 6.92 Å². The first-order chi connectivity index (χ1) is 8.56. The zero-order valence-corrected chi connectivity index (χ0v) is 13.7. The van der Waals surface area contributed by atoms with E-state index in [4.69, 9.17) is 0 Å². The number of thiazole rings is 1. The Kier molecular flexibility index (Phi) is 4.77. The SMILES string of the molecule is Cc1cnc(CNCc2cc(Br)c(O)c(Br)c2)s1. The van der Waals surface area contributed by atoms with Crippen LogP contribution in [0.3, 0.4) is 0 Å². The van der Waals surface area contributed by atoms with Gasteiger partial charge in [0.25, 0.3) is 0 Å². The second kappa shape index (κ2) is 6.14. The Hall–Kier alpha value is -0.430. The molecule has 0 spiro atoms. The molecular weight excluding hydrogens is 380 g/mol. The molecule has 6 heteroatoms. The van der Waals surface area contributed by atoms with Crippen LogP contribution in [0.4, 0.5) is 0 Å². The van der Waals surface area contributed by atoms with Gasteiger partial charge in [0.1, 0.15) is 10.8 Å². The molecule has 1 aromatic carbocycles. The predicted octanol–water partition coefficient (Wildman–Crippen LogP) is 3.97. The molecule has 2 aromatic rings. The van der Waals surface area contributed by atoms with Crippen molar-refractivity contribution in [2.45, 2.75) is 20.0 Å². The zero-order valence-electron chi connectivity index (χ0n) is 9.70. The normalized spacial score (nSPS) is 10.8. The van der Waals surface area contributed by atoms with Gasteiger partial charge in [0.15, 0.2) is 0 Å². The summed E-state index contributed by atoms with van der Waals surface area (Å²) in [7, 11) is 0. The van der Waals surface area contributed by atoms with Gasteiger partial charge in [0.2, 0.25) is 0 Å². The van der Waals surface area contributed by atoms with E-state index < -0.39 is 0 Å². The fourth-order valence-electron chi connectivity index (χ4n) is 1.52. The van der Waals surface area contributed by atoms with Gasteiger partial charge in [0, 0.05) is 24.2 Å². The third-order valence-electron chi connectivity index (χ3n) is 2.35. The molecule has 0 saturated heterocycles. The Morgan fingerprint density at radius 1 is 1.28 bits per heavy atom. The van der Waals surface area contributed by atoms with Crippen LogP contribution in [-0.4, -0.2) is 10.1 Å². The number of aromatic hydroxyl groups is 1. The summed E-state index contributed by atoms with van der Waals surface area (Å²) >= 11 is 8.34. The number of nitrogens with zero attached hydrogens (tertiary/aromatic N) is 1. The first-order valence-corrected chi connectivity index (χ1v) is 7.75. The predicted molar refractivity (Wildman–Crippen MR) is 80.9 cm³/mol. The lowest BCUT2D eigenvalue weighted by atomic mass is 10.2. The van der Waals surface area contributed by atoms with E-state index in [0.717, 1.165) is 23.7 Å². The molecule has 3 nitrogen and oxygen atoms in total. The second-order valence-electron chi connectivity index (χ2n) is 3.88. The molecule has 0 unspecified atom stereocenters. The monoisotopic (exact) mass is 390 g/mol. The summed E-state index contributed by atoms with van der Waals surface area (Å²) in [6.45, 7) is 3.54. The van der Waals surface area contributed by atoms with Crippen LogP contribution in [-0.2, 0) is 13.1 Å². The summed E-state index contributed by atoms with van der Waals surface area (Å²) in [6.07, 6.45) is 1.88. The van der Waals surface area contributed by atoms with Crippen LogP contribution >= 0.6 is 43.2 Å². The number of hydrogen-bond acceptors (Lipinski definition) is 4. The molecule has 0 amide bonds. The number of nitrogens with one attached hydrogen (secondary N) is 1. The maximum atomic E-state index is 9.61. The lowest BCUT2D eigenvalue weighted by molar-refractivity contribution is 0.468. The molecule has 0 saturated carbocycles. The Balaban J connectivity index is 1.94. The molecule has 0 aliphatic rings. The van der Waals surface area contributed by atoms with Crippen LogP contribution in [0.15, 0.2) is 27.3 Å². The maximum absolute atomic E-state index is 9.61. The highest BCUT2D eigenvalue weighted by Gasteiger charge is 2.06. The van der Waals surface area contributed by atoms with Gasteiger partial charge in [-0.2, -0.15) is 0 Å². The molecule has 1 heterocycles. The van der Waals surface area contributed by atoms with E-state index >= 15 is 0 Å². The molecule has 0 radical (unpaired) electrons. The van der Waals surface area contributed by atoms with Gasteiger partial charge in [-0.25, -0.2) is 4.98 Å². The Morgan fingerprint density at radius 2 is 1.94 bits per heavy atom. The van der Waals surface area contributed by atoms with Crippen molar-refractivity contribution >= 4 is 43.2 Å². The molecule has 1 aromatic heterocycles. The first-order valence-electron chi connectivity index (χ1n) is 5.35. The van der Waals surface area contributed by atoms with Crippen LogP contribution in [0.25, 0.3) is 0 Å². The third kappa shape index (κ3) is 3.54. The standard InChI is InChI=1S/C12H12Br2N2OS/c1-7-4-16-11(18-7)6-15-5-8-2-9(13)12(17)10(14)3-8/h2-4,15,17H,5-6H2,1H3. The lowest BCUT2D eigenvalue weighted by Gasteiger charge is -2.06. The second-order valence-corrected chi connectivity index (χ2v) is 6.90. The fraction of sp³-hybridized carbons (Fsp3) is 0.250. The molecule has 0 aliphatic carbocycles. The van der Waals surface area contributed by atoms with Crippen molar-refractivity contribution in [3.63, 3.8) is 0 Å². The summed E-state index contributed by atoms with van der Waals surface area (Å²) in [5.41, 5.74) is 1.10. The van der Waals surface area contributed by atoms with Crippen molar-refractivity contribution < 1.29 is 5.11 Å². The number of rotatable bonds is 4. The van der Waals surface area contributed by atoms with Crippen molar-refractivity contribution in [1.29, 1.82) is 0 Å². The van der Waals surface area contributed by atoms with Gasteiger partial charge in [-0.05, 0) is 56.5 Å². The van der Waals surface area contributed by atoms with E-state index in [0.29, 0.717) is 8.95 Å². The van der Waals surface area contributed by atoms with Crippen LogP contribution in [0.5, 0.6) is 5.75 Å². The van der Waals surface area contributed by atoms with Gasteiger partial charge in [-0.15, -0.1) is 11.3 Å². The summed E-state index contributed by atoms with van der Waals surface area (Å²) < 4.78 is 1.39. The highest BCUT2D eigenvalue weighted by atomic mass is 79.9. The number of phenols is 1. The number of phenolic OH excluding ortho intramolecular Hbond substituents is 1. The van der Waals surface area contributed by atoms with E-state index in [-0.39, 0.29) is 5.75 Å². The summed E-state index contributed by atoms with van der Waals surface area (Å²) in [5, 5.41) is 14.0. The van der Waals surface area contributed by atoms with Gasteiger partial charge in [-0.1, -0.05) is 0 Å². The average Bonchev–Trinajstić information content (AvgIpc) is 2.72. The van der Waals surface area contributed by atoms with Gasteiger partial charge in [-0.3, -0.25) is 0 Å². The molecule has 18 heavy (non-hydrogen) atoms. The van der Waals surface area contributed by atoms with Crippen LogP contribution in [0.2, 0.25) is 0 Å². The fourth-order valence-corrected chi connectivity index (χ4v) is 3.55. The largest absolute Gasteiger partial charge is 0.506 e. The van der Waals surface area contributed by atoms with Gasteiger partial charge < -0.3 is 10.4 Å². The molecule has 0 fully saturated rings. The average molecular weight is 392 g/mol.